The summed E-state index contributed by atoms with van der Waals surface area (Å²) in [7, 11) is 1.63. The van der Waals surface area contributed by atoms with Crippen LogP contribution in [0, 0.1) is 5.92 Å². The Bertz CT molecular complexity index is 713. The summed E-state index contributed by atoms with van der Waals surface area (Å²) in [4.78, 5) is 16.0. The highest BCUT2D eigenvalue weighted by Crippen LogP contribution is 2.28. The fourth-order valence-corrected chi connectivity index (χ4v) is 3.10. The molecule has 0 aliphatic heterocycles. The fraction of sp³-hybridized carbons (Fsp3) is 0.600. The van der Waals surface area contributed by atoms with Gasteiger partial charge in [-0.05, 0) is 62.1 Å². The van der Waals surface area contributed by atoms with Gasteiger partial charge in [0, 0.05) is 19.5 Å². The van der Waals surface area contributed by atoms with E-state index in [1.165, 1.54) is 0 Å². The Hall–Kier alpha value is -2.70. The molecule has 7 nitrogen and oxygen atoms in total. The lowest BCUT2D eigenvalue weighted by Gasteiger charge is -2.13. The van der Waals surface area contributed by atoms with Crippen LogP contribution in [0.15, 0.2) is 35.3 Å². The van der Waals surface area contributed by atoms with Gasteiger partial charge in [-0.25, -0.2) is 0 Å². The number of nitrogens with two attached hydrogens (primary N) is 2. The van der Waals surface area contributed by atoms with Crippen LogP contribution in [-0.2, 0) is 11.3 Å². The predicted octanol–water partition coefficient (Wildman–Crippen LogP) is 4.30. The molecule has 0 fully saturated rings. The van der Waals surface area contributed by atoms with Crippen LogP contribution >= 0.6 is 0 Å². The third kappa shape index (κ3) is 13.6. The molecule has 1 amide bonds. The normalized spacial score (nSPS) is 11.0. The molecule has 0 heterocycles. The second-order valence-corrected chi connectivity index (χ2v) is 8.25. The van der Waals surface area contributed by atoms with Crippen molar-refractivity contribution in [1.82, 2.24) is 5.32 Å². The van der Waals surface area contributed by atoms with Crippen LogP contribution in [0.1, 0.15) is 70.8 Å². The van der Waals surface area contributed by atoms with E-state index < -0.39 is 0 Å². The number of hydrogen-bond acceptors (Lipinski definition) is 4. The number of aliphatic imine (C=N–C) groups is 1. The molecule has 0 aliphatic carbocycles. The second-order valence-electron chi connectivity index (χ2n) is 8.25. The van der Waals surface area contributed by atoms with Gasteiger partial charge in [0.2, 0.25) is 5.91 Å². The van der Waals surface area contributed by atoms with E-state index in [0.29, 0.717) is 37.8 Å². The standard InChI is InChI=1S/C25H42N4O3/c1-20(2)12-8-4-5-9-13-24(30)29-19-21-14-15-22(23(18-21)31-3)32-17-11-7-6-10-16-28-25(26)27/h8,12,14-15,18,20H,4-7,9-11,13,16-17,19H2,1-3H3,(H,29,30)(H4,26,27,28)/b12-8+. The van der Waals surface area contributed by atoms with E-state index in [4.69, 9.17) is 20.9 Å². The fourth-order valence-electron chi connectivity index (χ4n) is 3.10. The minimum absolute atomic E-state index is 0.0805. The molecule has 32 heavy (non-hydrogen) atoms. The first kappa shape index (κ1) is 27.3. The molecule has 0 atom stereocenters. The van der Waals surface area contributed by atoms with E-state index >= 15 is 0 Å². The van der Waals surface area contributed by atoms with E-state index in [1.807, 2.05) is 18.2 Å². The number of guanidine groups is 1. The first-order chi connectivity index (χ1) is 15.4. The maximum atomic E-state index is 12.1. The maximum absolute atomic E-state index is 12.1. The Morgan fingerprint density at radius 1 is 1.09 bits per heavy atom. The lowest BCUT2D eigenvalue weighted by molar-refractivity contribution is -0.121. The van der Waals surface area contributed by atoms with Gasteiger partial charge in [0.1, 0.15) is 0 Å². The number of unbranched alkanes of at least 4 members (excludes halogenated alkanes) is 5. The molecule has 0 radical (unpaired) electrons. The topological polar surface area (TPSA) is 112 Å². The van der Waals surface area contributed by atoms with Gasteiger partial charge in [0.05, 0.1) is 13.7 Å². The van der Waals surface area contributed by atoms with Gasteiger partial charge < -0.3 is 26.3 Å². The van der Waals surface area contributed by atoms with E-state index in [2.05, 4.69) is 36.3 Å². The predicted molar refractivity (Wildman–Crippen MR) is 132 cm³/mol. The van der Waals surface area contributed by atoms with Crippen molar-refractivity contribution in [2.24, 2.45) is 22.4 Å². The Morgan fingerprint density at radius 2 is 1.88 bits per heavy atom. The number of carbonyl (C=O) groups is 1. The van der Waals surface area contributed by atoms with Gasteiger partial charge in [-0.1, -0.05) is 38.5 Å². The zero-order valence-electron chi connectivity index (χ0n) is 20.1. The lowest BCUT2D eigenvalue weighted by atomic mass is 10.1. The smallest absolute Gasteiger partial charge is 0.220 e. The van der Waals surface area contributed by atoms with Crippen molar-refractivity contribution in [3.05, 3.63) is 35.9 Å². The number of methoxy groups -OCH3 is 1. The Balaban J connectivity index is 2.27. The number of nitrogens with one attached hydrogen (secondary N) is 1. The molecule has 0 bridgehead atoms. The molecule has 0 aliphatic rings. The highest BCUT2D eigenvalue weighted by molar-refractivity contribution is 5.76. The third-order valence-corrected chi connectivity index (χ3v) is 4.87. The molecule has 0 aromatic heterocycles. The van der Waals surface area contributed by atoms with E-state index in [-0.39, 0.29) is 11.9 Å². The Labute approximate surface area is 193 Å². The molecule has 5 N–H and O–H groups in total. The quantitative estimate of drug-likeness (QED) is 0.143. The zero-order chi connectivity index (χ0) is 23.6. The summed E-state index contributed by atoms with van der Waals surface area (Å²) < 4.78 is 11.3. The van der Waals surface area contributed by atoms with Gasteiger partial charge in [0.15, 0.2) is 17.5 Å². The van der Waals surface area contributed by atoms with Crippen molar-refractivity contribution in [3.63, 3.8) is 0 Å². The van der Waals surface area contributed by atoms with Gasteiger partial charge in [-0.2, -0.15) is 0 Å². The van der Waals surface area contributed by atoms with Gasteiger partial charge in [-0.3, -0.25) is 9.79 Å². The number of ether oxygens (including phenoxy) is 2. The third-order valence-electron chi connectivity index (χ3n) is 4.87. The molecule has 180 valence electrons. The number of rotatable bonds is 17. The summed E-state index contributed by atoms with van der Waals surface area (Å²) in [5.74, 6) is 2.21. The summed E-state index contributed by atoms with van der Waals surface area (Å²) in [5.41, 5.74) is 11.6. The van der Waals surface area contributed by atoms with E-state index in [0.717, 1.165) is 56.3 Å². The summed E-state index contributed by atoms with van der Waals surface area (Å²) >= 11 is 0. The maximum Gasteiger partial charge on any atom is 0.220 e. The minimum Gasteiger partial charge on any atom is -0.493 e. The molecule has 0 spiro atoms. The molecular weight excluding hydrogens is 404 g/mol. The van der Waals surface area contributed by atoms with Crippen LogP contribution < -0.4 is 26.3 Å². The average molecular weight is 447 g/mol. The van der Waals surface area contributed by atoms with Crippen molar-refractivity contribution in [2.75, 3.05) is 20.3 Å². The monoisotopic (exact) mass is 446 g/mol. The summed E-state index contributed by atoms with van der Waals surface area (Å²) in [6.45, 7) is 6.11. The number of amides is 1. The lowest BCUT2D eigenvalue weighted by Crippen LogP contribution is -2.22. The van der Waals surface area contributed by atoms with Gasteiger partial charge >= 0.3 is 0 Å². The van der Waals surface area contributed by atoms with Crippen LogP contribution in [0.25, 0.3) is 0 Å². The number of benzene rings is 1. The summed E-state index contributed by atoms with van der Waals surface area (Å²) in [6.07, 6.45) is 12.0. The van der Waals surface area contributed by atoms with Gasteiger partial charge in [0.25, 0.3) is 0 Å². The molecular formula is C25H42N4O3. The minimum atomic E-state index is 0.0805. The molecule has 0 saturated heterocycles. The highest BCUT2D eigenvalue weighted by Gasteiger charge is 2.07. The van der Waals surface area contributed by atoms with Crippen LogP contribution in [0.3, 0.4) is 0 Å². The molecule has 1 aromatic carbocycles. The molecule has 1 aromatic rings. The van der Waals surface area contributed by atoms with Crippen molar-refractivity contribution < 1.29 is 14.3 Å². The molecule has 0 unspecified atom stereocenters. The van der Waals surface area contributed by atoms with E-state index in [9.17, 15) is 4.79 Å². The Kier molecular flexibility index (Phi) is 14.5. The summed E-state index contributed by atoms with van der Waals surface area (Å²) in [5, 5.41) is 2.98. The number of nitrogens with zero attached hydrogens (tertiary/aromatic N) is 1. The SMILES string of the molecule is COc1cc(CNC(=O)CCCC/C=C/C(C)C)ccc1OCCCCCCN=C(N)N. The Morgan fingerprint density at radius 3 is 2.59 bits per heavy atom. The zero-order valence-corrected chi connectivity index (χ0v) is 20.1. The highest BCUT2D eigenvalue weighted by atomic mass is 16.5. The molecule has 0 saturated carbocycles. The van der Waals surface area contributed by atoms with Crippen molar-refractivity contribution >= 4 is 11.9 Å². The largest absolute Gasteiger partial charge is 0.493 e. The second kappa shape index (κ2) is 16.9. The van der Waals surface area contributed by atoms with Crippen LogP contribution in [0.5, 0.6) is 11.5 Å². The first-order valence-corrected chi connectivity index (χ1v) is 11.7. The first-order valence-electron chi connectivity index (χ1n) is 11.7. The molecule has 1 rings (SSSR count). The molecule has 7 heteroatoms. The van der Waals surface area contributed by atoms with E-state index in [1.54, 1.807) is 7.11 Å². The average Bonchev–Trinajstić information content (AvgIpc) is 2.76. The summed E-state index contributed by atoms with van der Waals surface area (Å²) in [6, 6.07) is 5.78. The van der Waals surface area contributed by atoms with Crippen LogP contribution in [-0.4, -0.2) is 32.1 Å². The van der Waals surface area contributed by atoms with Crippen molar-refractivity contribution in [3.8, 4) is 11.5 Å². The van der Waals surface area contributed by atoms with Gasteiger partial charge in [-0.15, -0.1) is 0 Å². The number of allylic oxidation sites excluding steroid dienone is 2. The van der Waals surface area contributed by atoms with Crippen LogP contribution in [0.4, 0.5) is 0 Å². The van der Waals surface area contributed by atoms with Crippen molar-refractivity contribution in [1.29, 1.82) is 0 Å². The van der Waals surface area contributed by atoms with Crippen molar-refractivity contribution in [2.45, 2.75) is 71.8 Å². The number of hydrogen-bond donors (Lipinski definition) is 3. The number of carbonyl (C=O) groups excluding carboxylic acids is 1. The van der Waals surface area contributed by atoms with Crippen LogP contribution in [0.2, 0.25) is 0 Å².